The molecule has 0 atom stereocenters. The summed E-state index contributed by atoms with van der Waals surface area (Å²) < 4.78 is 25.5. The van der Waals surface area contributed by atoms with Crippen LogP contribution in [0.25, 0.3) is 11.1 Å². The summed E-state index contributed by atoms with van der Waals surface area (Å²) in [5.74, 6) is 0. The molecule has 0 spiro atoms. The summed E-state index contributed by atoms with van der Waals surface area (Å²) in [4.78, 5) is 0.826. The Bertz CT molecular complexity index is 733. The van der Waals surface area contributed by atoms with Gasteiger partial charge in [-0.2, -0.15) is 0 Å². The van der Waals surface area contributed by atoms with Gasteiger partial charge in [-0.25, -0.2) is 8.42 Å². The van der Waals surface area contributed by atoms with Crippen molar-refractivity contribution in [1.29, 1.82) is 0 Å². The molecular formula is C13H9BrO2S. The first-order chi connectivity index (χ1) is 8.00. The first kappa shape index (κ1) is 11.0. The molecule has 1 aliphatic heterocycles. The first-order valence-electron chi connectivity index (χ1n) is 5.16. The van der Waals surface area contributed by atoms with E-state index in [4.69, 9.17) is 0 Å². The fourth-order valence-electron chi connectivity index (χ4n) is 2.14. The highest BCUT2D eigenvalue weighted by Crippen LogP contribution is 2.44. The lowest BCUT2D eigenvalue weighted by Crippen LogP contribution is -1.96. The maximum Gasteiger partial charge on any atom is 0.207 e. The minimum atomic E-state index is -3.32. The Kier molecular flexibility index (Phi) is 2.22. The number of rotatable bonds is 0. The predicted octanol–water partition coefficient (Wildman–Crippen LogP) is 3.57. The maximum atomic E-state index is 12.3. The van der Waals surface area contributed by atoms with E-state index < -0.39 is 9.84 Å². The quantitative estimate of drug-likeness (QED) is 0.636. The molecule has 0 amide bonds. The SMILES string of the molecule is Cc1ccc2c(c1)S(=O)(=O)c1ccc(Br)cc1-2. The van der Waals surface area contributed by atoms with Crippen LogP contribution in [0, 0.1) is 6.92 Å². The normalized spacial score (nSPS) is 15.4. The summed E-state index contributed by atoms with van der Waals surface area (Å²) in [6.07, 6.45) is 0. The van der Waals surface area contributed by atoms with Gasteiger partial charge in [0.15, 0.2) is 0 Å². The monoisotopic (exact) mass is 308 g/mol. The summed E-state index contributed by atoms with van der Waals surface area (Å²) in [6, 6.07) is 10.8. The van der Waals surface area contributed by atoms with Gasteiger partial charge in [0.1, 0.15) is 0 Å². The number of hydrogen-bond acceptors (Lipinski definition) is 2. The van der Waals surface area contributed by atoms with E-state index in [9.17, 15) is 8.42 Å². The third kappa shape index (κ3) is 1.47. The number of sulfone groups is 1. The Balaban J connectivity index is 2.47. The molecule has 17 heavy (non-hydrogen) atoms. The number of halogens is 1. The molecule has 1 heterocycles. The molecular weight excluding hydrogens is 300 g/mol. The molecule has 3 rings (SSSR count). The van der Waals surface area contributed by atoms with Gasteiger partial charge in [-0.3, -0.25) is 0 Å². The van der Waals surface area contributed by atoms with Crippen molar-refractivity contribution < 1.29 is 8.42 Å². The van der Waals surface area contributed by atoms with Crippen LogP contribution in [0.1, 0.15) is 5.56 Å². The summed E-state index contributed by atoms with van der Waals surface area (Å²) in [6.45, 7) is 1.90. The van der Waals surface area contributed by atoms with Crippen molar-refractivity contribution in [2.24, 2.45) is 0 Å². The van der Waals surface area contributed by atoms with Gasteiger partial charge < -0.3 is 0 Å². The molecule has 0 aliphatic carbocycles. The van der Waals surface area contributed by atoms with Gasteiger partial charge >= 0.3 is 0 Å². The molecule has 0 bridgehead atoms. The highest BCUT2D eigenvalue weighted by molar-refractivity contribution is 9.10. The van der Waals surface area contributed by atoms with Crippen molar-refractivity contribution in [2.45, 2.75) is 16.7 Å². The summed E-state index contributed by atoms with van der Waals surface area (Å²) in [5.41, 5.74) is 2.54. The van der Waals surface area contributed by atoms with E-state index in [1.165, 1.54) is 0 Å². The molecule has 0 saturated carbocycles. The van der Waals surface area contributed by atoms with Crippen LogP contribution in [0.4, 0.5) is 0 Å². The van der Waals surface area contributed by atoms with Crippen LogP contribution in [0.2, 0.25) is 0 Å². The van der Waals surface area contributed by atoms with Crippen molar-refractivity contribution in [3.8, 4) is 11.1 Å². The fraction of sp³-hybridized carbons (Fsp3) is 0.0769. The molecule has 2 nitrogen and oxygen atoms in total. The molecule has 2 aromatic carbocycles. The largest absolute Gasteiger partial charge is 0.218 e. The minimum Gasteiger partial charge on any atom is -0.218 e. The van der Waals surface area contributed by atoms with Gasteiger partial charge in [0, 0.05) is 15.6 Å². The number of fused-ring (bicyclic) bond motifs is 3. The standard InChI is InChI=1S/C13H9BrO2S/c1-8-2-4-10-11-7-9(14)3-5-12(11)17(15,16)13(10)6-8/h2-7H,1H3. The number of aryl methyl sites for hydroxylation is 1. The van der Waals surface area contributed by atoms with Crippen molar-refractivity contribution in [2.75, 3.05) is 0 Å². The van der Waals surface area contributed by atoms with Crippen LogP contribution in [-0.2, 0) is 9.84 Å². The Labute approximate surface area is 108 Å². The fourth-order valence-corrected chi connectivity index (χ4v) is 4.25. The highest BCUT2D eigenvalue weighted by atomic mass is 79.9. The average molecular weight is 309 g/mol. The second-order valence-electron chi connectivity index (χ2n) is 4.14. The molecule has 2 aromatic rings. The van der Waals surface area contributed by atoms with E-state index in [0.717, 1.165) is 21.2 Å². The zero-order valence-corrected chi connectivity index (χ0v) is 11.5. The minimum absolute atomic E-state index is 0.404. The van der Waals surface area contributed by atoms with Crippen LogP contribution in [0.15, 0.2) is 50.7 Å². The molecule has 0 aromatic heterocycles. The van der Waals surface area contributed by atoms with Crippen LogP contribution in [0.3, 0.4) is 0 Å². The molecule has 86 valence electrons. The van der Waals surface area contributed by atoms with E-state index in [-0.39, 0.29) is 0 Å². The van der Waals surface area contributed by atoms with Gasteiger partial charge in [-0.15, -0.1) is 0 Å². The van der Waals surface area contributed by atoms with E-state index >= 15 is 0 Å². The molecule has 1 aliphatic rings. The van der Waals surface area contributed by atoms with Crippen LogP contribution >= 0.6 is 15.9 Å². The Hall–Kier alpha value is -1.13. The van der Waals surface area contributed by atoms with Gasteiger partial charge in [0.05, 0.1) is 9.79 Å². The van der Waals surface area contributed by atoms with E-state index in [1.54, 1.807) is 18.2 Å². The van der Waals surface area contributed by atoms with Crippen LogP contribution in [0.5, 0.6) is 0 Å². The topological polar surface area (TPSA) is 34.1 Å². The molecule has 0 radical (unpaired) electrons. The Morgan fingerprint density at radius 2 is 1.71 bits per heavy atom. The summed E-state index contributed by atoms with van der Waals surface area (Å²) in [5, 5.41) is 0. The average Bonchev–Trinajstić information content (AvgIpc) is 2.48. The second-order valence-corrected chi connectivity index (χ2v) is 6.95. The van der Waals surface area contributed by atoms with Crippen molar-refractivity contribution >= 4 is 25.8 Å². The highest BCUT2D eigenvalue weighted by Gasteiger charge is 2.32. The van der Waals surface area contributed by atoms with Gasteiger partial charge in [0.2, 0.25) is 9.84 Å². The predicted molar refractivity (Wildman–Crippen MR) is 69.8 cm³/mol. The lowest BCUT2D eigenvalue weighted by molar-refractivity contribution is 0.598. The first-order valence-corrected chi connectivity index (χ1v) is 7.43. The lowest BCUT2D eigenvalue weighted by Gasteiger charge is -1.99. The van der Waals surface area contributed by atoms with Crippen LogP contribution < -0.4 is 0 Å². The van der Waals surface area contributed by atoms with Crippen molar-refractivity contribution in [1.82, 2.24) is 0 Å². The second kappa shape index (κ2) is 3.43. The van der Waals surface area contributed by atoms with Crippen molar-refractivity contribution in [3.63, 3.8) is 0 Å². The molecule has 0 N–H and O–H groups in total. The zero-order valence-electron chi connectivity index (χ0n) is 9.07. The molecule has 4 heteroatoms. The van der Waals surface area contributed by atoms with E-state index in [2.05, 4.69) is 15.9 Å². The molecule has 0 fully saturated rings. The maximum absolute atomic E-state index is 12.3. The Morgan fingerprint density at radius 3 is 2.47 bits per heavy atom. The van der Waals surface area contributed by atoms with Crippen LogP contribution in [-0.4, -0.2) is 8.42 Å². The Morgan fingerprint density at radius 1 is 0.941 bits per heavy atom. The van der Waals surface area contributed by atoms with Gasteiger partial charge in [-0.05, 0) is 36.8 Å². The van der Waals surface area contributed by atoms with Gasteiger partial charge in [0.25, 0.3) is 0 Å². The number of hydrogen-bond donors (Lipinski definition) is 0. The summed E-state index contributed by atoms with van der Waals surface area (Å²) >= 11 is 3.37. The van der Waals surface area contributed by atoms with Gasteiger partial charge in [-0.1, -0.05) is 28.1 Å². The van der Waals surface area contributed by atoms with E-state index in [0.29, 0.717) is 9.79 Å². The van der Waals surface area contributed by atoms with Crippen molar-refractivity contribution in [3.05, 3.63) is 46.4 Å². The molecule has 0 saturated heterocycles. The zero-order chi connectivity index (χ0) is 12.2. The molecule has 0 unspecified atom stereocenters. The smallest absolute Gasteiger partial charge is 0.207 e. The third-order valence-corrected chi connectivity index (χ3v) is 5.29. The third-order valence-electron chi connectivity index (χ3n) is 2.95. The lowest BCUT2D eigenvalue weighted by atomic mass is 10.0. The summed E-state index contributed by atoms with van der Waals surface area (Å²) in [7, 11) is -3.32. The van der Waals surface area contributed by atoms with E-state index in [1.807, 2.05) is 25.1 Å². The number of benzene rings is 2.